The average molecular weight is 394 g/mol. The Labute approximate surface area is 177 Å². The average Bonchev–Trinajstić information content (AvgIpc) is 3.10. The minimum atomic E-state index is 0.425. The first kappa shape index (κ1) is 18.8. The first-order chi connectivity index (χ1) is 14.5. The molecule has 0 bridgehead atoms. The van der Waals surface area contributed by atoms with Gasteiger partial charge in [0, 0.05) is 35.0 Å². The lowest BCUT2D eigenvalue weighted by molar-refractivity contribution is 0.828. The van der Waals surface area contributed by atoms with Crippen LogP contribution in [-0.4, -0.2) is 14.5 Å². The fourth-order valence-corrected chi connectivity index (χ4v) is 4.73. The van der Waals surface area contributed by atoms with Gasteiger partial charge in [-0.1, -0.05) is 70.2 Å². The molecule has 0 fully saturated rings. The maximum atomic E-state index is 5.28. The molecule has 150 valence electrons. The molecule has 5 rings (SSSR count). The van der Waals surface area contributed by atoms with Crippen molar-refractivity contribution in [1.82, 2.24) is 14.5 Å². The molecular weight excluding hydrogens is 366 g/mol. The van der Waals surface area contributed by atoms with E-state index in [4.69, 9.17) is 9.97 Å². The van der Waals surface area contributed by atoms with Crippen LogP contribution in [0.2, 0.25) is 0 Å². The molecule has 0 saturated heterocycles. The second-order valence-electron chi connectivity index (χ2n) is 8.76. The van der Waals surface area contributed by atoms with Crippen molar-refractivity contribution >= 4 is 32.7 Å². The van der Waals surface area contributed by atoms with Crippen LogP contribution in [0.3, 0.4) is 0 Å². The number of imidazole rings is 1. The minimum Gasteiger partial charge on any atom is -0.327 e. The summed E-state index contributed by atoms with van der Waals surface area (Å²) in [6.45, 7) is 9.06. The molecule has 0 amide bonds. The molecule has 0 N–H and O–H groups in total. The molecule has 0 aliphatic heterocycles. The number of pyridine rings is 1. The van der Waals surface area contributed by atoms with E-state index >= 15 is 0 Å². The predicted molar refractivity (Wildman–Crippen MR) is 127 cm³/mol. The van der Waals surface area contributed by atoms with Gasteiger partial charge < -0.3 is 4.57 Å². The molecule has 2 aromatic heterocycles. The molecule has 3 heteroatoms. The van der Waals surface area contributed by atoms with Crippen molar-refractivity contribution in [2.24, 2.45) is 7.05 Å². The Kier molecular flexibility index (Phi) is 4.35. The number of aryl methyl sites for hydroxylation is 1. The lowest BCUT2D eigenvalue weighted by Crippen LogP contribution is -2.04. The first-order valence-corrected chi connectivity index (χ1v) is 10.7. The first-order valence-electron chi connectivity index (χ1n) is 10.7. The summed E-state index contributed by atoms with van der Waals surface area (Å²) in [7, 11) is 2.15. The van der Waals surface area contributed by atoms with Gasteiger partial charge in [-0.3, -0.25) is 4.98 Å². The normalized spacial score (nSPS) is 12.1. The van der Waals surface area contributed by atoms with E-state index in [0.717, 1.165) is 38.5 Å². The SMILES string of the molecule is CC(C)c1cccc(C(C)C)c1-c1nc2c3ccccc3c3ncccc3c2n1C. The molecule has 30 heavy (non-hydrogen) atoms. The molecule has 0 unspecified atom stereocenters. The predicted octanol–water partition coefficient (Wildman–Crippen LogP) is 7.19. The van der Waals surface area contributed by atoms with Crippen molar-refractivity contribution in [3.05, 3.63) is 71.9 Å². The number of aromatic nitrogens is 3. The molecule has 0 atom stereocenters. The number of rotatable bonds is 3. The monoisotopic (exact) mass is 393 g/mol. The highest BCUT2D eigenvalue weighted by Crippen LogP contribution is 2.40. The summed E-state index contributed by atoms with van der Waals surface area (Å²) in [5, 5.41) is 3.47. The maximum Gasteiger partial charge on any atom is 0.141 e. The van der Waals surface area contributed by atoms with E-state index in [2.05, 4.69) is 87.8 Å². The highest BCUT2D eigenvalue weighted by Gasteiger charge is 2.22. The highest BCUT2D eigenvalue weighted by atomic mass is 15.1. The van der Waals surface area contributed by atoms with Gasteiger partial charge in [0.1, 0.15) is 5.82 Å². The Bertz CT molecular complexity index is 1380. The standard InChI is InChI=1S/C27H27N3/c1-16(2)18-12-8-13-19(17(3)4)23(18)27-29-25-21-11-7-6-10-20(21)24-22(14-9-15-28-24)26(25)30(27)5/h6-17H,1-5H3. The number of nitrogens with zero attached hydrogens (tertiary/aromatic N) is 3. The van der Waals surface area contributed by atoms with Crippen molar-refractivity contribution in [3.8, 4) is 11.4 Å². The molecule has 0 saturated carbocycles. The van der Waals surface area contributed by atoms with Crippen molar-refractivity contribution in [1.29, 1.82) is 0 Å². The summed E-state index contributed by atoms with van der Waals surface area (Å²) >= 11 is 0. The fourth-order valence-electron chi connectivity index (χ4n) is 4.73. The Morgan fingerprint density at radius 2 is 1.30 bits per heavy atom. The smallest absolute Gasteiger partial charge is 0.141 e. The van der Waals surface area contributed by atoms with Gasteiger partial charge in [-0.25, -0.2) is 4.98 Å². The molecular formula is C27H27N3. The molecule has 3 nitrogen and oxygen atoms in total. The molecule has 0 radical (unpaired) electrons. The summed E-state index contributed by atoms with van der Waals surface area (Å²) < 4.78 is 2.28. The molecule has 0 spiro atoms. The van der Waals surface area contributed by atoms with E-state index in [-0.39, 0.29) is 0 Å². The molecule has 0 aliphatic carbocycles. The van der Waals surface area contributed by atoms with E-state index in [0.29, 0.717) is 11.8 Å². The Balaban J connectivity index is 1.99. The van der Waals surface area contributed by atoms with Gasteiger partial charge >= 0.3 is 0 Å². The van der Waals surface area contributed by atoms with Gasteiger partial charge in [0.05, 0.1) is 16.6 Å². The third-order valence-corrected chi connectivity index (χ3v) is 6.19. The lowest BCUT2D eigenvalue weighted by atomic mass is 9.88. The molecule has 2 heterocycles. The van der Waals surface area contributed by atoms with Gasteiger partial charge in [-0.2, -0.15) is 0 Å². The van der Waals surface area contributed by atoms with Crippen molar-refractivity contribution in [3.63, 3.8) is 0 Å². The van der Waals surface area contributed by atoms with Crippen LogP contribution in [0, 0.1) is 0 Å². The fraction of sp³-hybridized carbons (Fsp3) is 0.259. The van der Waals surface area contributed by atoms with Crippen LogP contribution in [-0.2, 0) is 7.05 Å². The quantitative estimate of drug-likeness (QED) is 0.304. The van der Waals surface area contributed by atoms with E-state index in [1.165, 1.54) is 16.7 Å². The van der Waals surface area contributed by atoms with Crippen LogP contribution in [0.4, 0.5) is 0 Å². The Morgan fingerprint density at radius 3 is 1.93 bits per heavy atom. The third-order valence-electron chi connectivity index (χ3n) is 6.19. The zero-order valence-electron chi connectivity index (χ0n) is 18.3. The van der Waals surface area contributed by atoms with Gasteiger partial charge in [-0.15, -0.1) is 0 Å². The third kappa shape index (κ3) is 2.65. The van der Waals surface area contributed by atoms with E-state index in [9.17, 15) is 0 Å². The summed E-state index contributed by atoms with van der Waals surface area (Å²) in [5.41, 5.74) is 7.23. The van der Waals surface area contributed by atoms with Gasteiger partial charge in [0.2, 0.25) is 0 Å². The number of hydrogen-bond donors (Lipinski definition) is 0. The highest BCUT2D eigenvalue weighted by molar-refractivity contribution is 6.22. The van der Waals surface area contributed by atoms with E-state index in [1.54, 1.807) is 0 Å². The van der Waals surface area contributed by atoms with Crippen LogP contribution in [0.1, 0.15) is 50.7 Å². The van der Waals surface area contributed by atoms with Gasteiger partial charge in [0.15, 0.2) is 0 Å². The Hall–Kier alpha value is -3.20. The molecule has 3 aromatic carbocycles. The topological polar surface area (TPSA) is 30.7 Å². The van der Waals surface area contributed by atoms with Gasteiger partial charge in [-0.05, 0) is 35.1 Å². The van der Waals surface area contributed by atoms with Crippen LogP contribution in [0.25, 0.3) is 44.1 Å². The zero-order chi connectivity index (χ0) is 21.0. The van der Waals surface area contributed by atoms with Crippen LogP contribution in [0.5, 0.6) is 0 Å². The van der Waals surface area contributed by atoms with Crippen LogP contribution in [0.15, 0.2) is 60.8 Å². The number of benzene rings is 3. The van der Waals surface area contributed by atoms with Crippen molar-refractivity contribution < 1.29 is 0 Å². The van der Waals surface area contributed by atoms with Crippen LogP contribution >= 0.6 is 0 Å². The number of hydrogen-bond acceptors (Lipinski definition) is 2. The minimum absolute atomic E-state index is 0.425. The molecule has 0 aliphatic rings. The maximum absolute atomic E-state index is 5.28. The van der Waals surface area contributed by atoms with Gasteiger partial charge in [0.25, 0.3) is 0 Å². The second kappa shape index (κ2) is 6.94. The molecule has 5 aromatic rings. The van der Waals surface area contributed by atoms with E-state index < -0.39 is 0 Å². The Morgan fingerprint density at radius 1 is 0.700 bits per heavy atom. The van der Waals surface area contributed by atoms with Crippen molar-refractivity contribution in [2.45, 2.75) is 39.5 Å². The number of fused-ring (bicyclic) bond motifs is 6. The second-order valence-corrected chi connectivity index (χ2v) is 8.76. The largest absolute Gasteiger partial charge is 0.327 e. The van der Waals surface area contributed by atoms with Crippen LogP contribution < -0.4 is 0 Å². The van der Waals surface area contributed by atoms with E-state index in [1.807, 2.05) is 12.3 Å². The van der Waals surface area contributed by atoms with Crippen molar-refractivity contribution in [2.75, 3.05) is 0 Å². The summed E-state index contributed by atoms with van der Waals surface area (Å²) in [5.74, 6) is 1.89. The summed E-state index contributed by atoms with van der Waals surface area (Å²) in [6, 6.07) is 19.4. The lowest BCUT2D eigenvalue weighted by Gasteiger charge is -2.19. The zero-order valence-corrected chi connectivity index (χ0v) is 18.3. The summed E-state index contributed by atoms with van der Waals surface area (Å²) in [4.78, 5) is 10.0. The summed E-state index contributed by atoms with van der Waals surface area (Å²) in [6.07, 6.45) is 1.88.